The number of nitroso groups, excluding NO2 is 1. The Morgan fingerprint density at radius 1 is 1.09 bits per heavy atom. The molecule has 106 valence electrons. The van der Waals surface area contributed by atoms with Gasteiger partial charge in [0.1, 0.15) is 11.6 Å². The molecule has 0 unspecified atom stereocenters. The number of pyridine rings is 1. The van der Waals surface area contributed by atoms with Gasteiger partial charge in [-0.15, -0.1) is 0 Å². The molecule has 0 saturated carbocycles. The van der Waals surface area contributed by atoms with Crippen molar-refractivity contribution in [1.29, 1.82) is 5.26 Å². The van der Waals surface area contributed by atoms with Gasteiger partial charge in [-0.25, -0.2) is 0 Å². The number of aromatic nitrogens is 1. The molecule has 22 heavy (non-hydrogen) atoms. The van der Waals surface area contributed by atoms with Gasteiger partial charge in [-0.05, 0) is 30.3 Å². The van der Waals surface area contributed by atoms with E-state index in [1.54, 1.807) is 53.7 Å². The number of nitrogens with two attached hydrogens (primary N) is 1. The van der Waals surface area contributed by atoms with Crippen molar-refractivity contribution in [3.63, 3.8) is 0 Å². The third-order valence-electron chi connectivity index (χ3n) is 3.39. The van der Waals surface area contributed by atoms with Crippen LogP contribution in [-0.2, 0) is 0 Å². The zero-order valence-corrected chi connectivity index (χ0v) is 11.4. The van der Waals surface area contributed by atoms with Crippen LogP contribution in [0.2, 0.25) is 0 Å². The number of nitrogens with zero attached hydrogens (tertiary/aromatic N) is 2. The van der Waals surface area contributed by atoms with Crippen molar-refractivity contribution < 1.29 is 5.18 Å². The number of hydrogen-bond donors (Lipinski definition) is 2. The summed E-state index contributed by atoms with van der Waals surface area (Å²) in [6, 6.07) is 15.0. The van der Waals surface area contributed by atoms with Crippen LogP contribution in [0.15, 0.2) is 53.3 Å². The summed E-state index contributed by atoms with van der Waals surface area (Å²) in [4.78, 5) is 23.1. The number of hydrogen-bond acceptors (Lipinski definition) is 4. The van der Waals surface area contributed by atoms with Crippen LogP contribution in [0.5, 0.6) is 0 Å². The molecule has 0 aliphatic rings. The molecule has 1 heterocycles. The molecule has 3 N–H and O–H groups in total. The monoisotopic (exact) mass is 291 g/mol. The molecule has 0 radical (unpaired) electrons. The minimum atomic E-state index is -0.427. The van der Waals surface area contributed by atoms with Gasteiger partial charge in [-0.3, -0.25) is 9.36 Å². The Morgan fingerprint density at radius 3 is 2.45 bits per heavy atom. The first-order chi connectivity index (χ1) is 10.6. The second-order valence-electron chi connectivity index (χ2n) is 4.78. The van der Waals surface area contributed by atoms with E-state index in [1.807, 2.05) is 6.07 Å². The van der Waals surface area contributed by atoms with E-state index < -0.39 is 5.56 Å². The van der Waals surface area contributed by atoms with Crippen molar-refractivity contribution in [2.24, 2.45) is 0 Å². The number of fused-ring (bicyclic) bond motifs is 1. The van der Waals surface area contributed by atoms with Crippen molar-refractivity contribution in [1.82, 2.24) is 4.57 Å². The third-order valence-corrected chi connectivity index (χ3v) is 3.39. The Labute approximate surface area is 125 Å². The van der Waals surface area contributed by atoms with Crippen molar-refractivity contribution >= 4 is 22.3 Å². The molecule has 0 atom stereocenters. The molecule has 2 aromatic carbocycles. The van der Waals surface area contributed by atoms with Crippen molar-refractivity contribution in [2.75, 3.05) is 5.73 Å². The van der Waals surface area contributed by atoms with Crippen LogP contribution in [0.1, 0.15) is 5.56 Å². The lowest BCUT2D eigenvalue weighted by Crippen LogP contribution is -2.55. The van der Waals surface area contributed by atoms with E-state index >= 15 is 0 Å². The summed E-state index contributed by atoms with van der Waals surface area (Å²) < 4.78 is 1.42. The lowest BCUT2D eigenvalue weighted by Gasteiger charge is -2.11. The quantitative estimate of drug-likeness (QED) is 0.685. The lowest BCUT2D eigenvalue weighted by molar-refractivity contribution is -0.379. The minimum absolute atomic E-state index is 0.0447. The largest absolute Gasteiger partial charge is 0.399 e. The summed E-state index contributed by atoms with van der Waals surface area (Å²) in [6.45, 7) is 0. The first-order valence-corrected chi connectivity index (χ1v) is 6.48. The van der Waals surface area contributed by atoms with Crippen molar-refractivity contribution in [2.45, 2.75) is 0 Å². The fourth-order valence-corrected chi connectivity index (χ4v) is 2.34. The van der Waals surface area contributed by atoms with Gasteiger partial charge in [0.25, 0.3) is 11.2 Å². The highest BCUT2D eigenvalue weighted by molar-refractivity contribution is 5.84. The zero-order valence-electron chi connectivity index (χ0n) is 11.4. The normalized spacial score (nSPS) is 10.3. The maximum absolute atomic E-state index is 12.5. The molecule has 3 aromatic rings. The van der Waals surface area contributed by atoms with E-state index in [4.69, 9.17) is 11.0 Å². The van der Waals surface area contributed by atoms with Crippen LogP contribution in [-0.4, -0.2) is 4.57 Å². The van der Waals surface area contributed by atoms with E-state index in [-0.39, 0.29) is 5.56 Å². The van der Waals surface area contributed by atoms with Crippen molar-refractivity contribution in [3.8, 4) is 11.8 Å². The summed E-state index contributed by atoms with van der Waals surface area (Å²) in [5.41, 5.74) is 7.48. The Morgan fingerprint density at radius 2 is 1.82 bits per heavy atom. The molecule has 0 bridgehead atoms. The van der Waals surface area contributed by atoms with Gasteiger partial charge >= 0.3 is 0 Å². The number of benzene rings is 2. The van der Waals surface area contributed by atoms with E-state index in [0.717, 1.165) is 5.39 Å². The molecule has 1 aromatic heterocycles. The SMILES string of the molecule is N#Cc1cc2ccc(N)cc2n(-c2ccc([NH+]=O)cc2)c1=O. The number of rotatable bonds is 2. The third kappa shape index (κ3) is 2.11. The van der Waals surface area contributed by atoms with E-state index in [1.165, 1.54) is 4.57 Å². The zero-order chi connectivity index (χ0) is 15.7. The fraction of sp³-hybridized carbons (Fsp3) is 0. The molecule has 0 spiro atoms. The predicted molar refractivity (Wildman–Crippen MR) is 82.7 cm³/mol. The number of anilines is 1. The molecule has 0 saturated heterocycles. The van der Waals surface area contributed by atoms with E-state index in [0.29, 0.717) is 22.6 Å². The molecule has 0 fully saturated rings. The van der Waals surface area contributed by atoms with Crippen LogP contribution in [0.4, 0.5) is 11.4 Å². The van der Waals surface area contributed by atoms with E-state index in [2.05, 4.69) is 0 Å². The highest BCUT2D eigenvalue weighted by atomic mass is 16.3. The predicted octanol–water partition coefficient (Wildman–Crippen LogP) is 0.923. The molecule has 0 aliphatic heterocycles. The average Bonchev–Trinajstić information content (AvgIpc) is 2.54. The lowest BCUT2D eigenvalue weighted by atomic mass is 10.1. The molecule has 6 nitrogen and oxygen atoms in total. The Hall–Kier alpha value is -3.46. The summed E-state index contributed by atoms with van der Waals surface area (Å²) in [6.07, 6.45) is 0. The number of nitriles is 1. The summed E-state index contributed by atoms with van der Waals surface area (Å²) in [5, 5.41) is 11.7. The molecule has 3 rings (SSSR count). The van der Waals surface area contributed by atoms with Gasteiger partial charge in [0, 0.05) is 39.0 Å². The summed E-state index contributed by atoms with van der Waals surface area (Å²) in [5.74, 6) is 0. The average molecular weight is 291 g/mol. The maximum atomic E-state index is 12.5. The number of nitrogen functional groups attached to an aromatic ring is 1. The fourth-order valence-electron chi connectivity index (χ4n) is 2.34. The number of nitrogens with one attached hydrogen (secondary N) is 1. The highest BCUT2D eigenvalue weighted by Gasteiger charge is 2.11. The van der Waals surface area contributed by atoms with Crippen LogP contribution >= 0.6 is 0 Å². The van der Waals surface area contributed by atoms with Gasteiger partial charge in [0.15, 0.2) is 0 Å². The molecular weight excluding hydrogens is 280 g/mol. The second kappa shape index (κ2) is 5.14. The highest BCUT2D eigenvalue weighted by Crippen LogP contribution is 2.20. The second-order valence-corrected chi connectivity index (χ2v) is 4.78. The minimum Gasteiger partial charge on any atom is -0.399 e. The molecule has 0 aliphatic carbocycles. The molecule has 6 heteroatoms. The van der Waals surface area contributed by atoms with Crippen LogP contribution in [0, 0.1) is 16.2 Å². The summed E-state index contributed by atoms with van der Waals surface area (Å²) in [7, 11) is 0. The standard InChI is InChI=1S/C16H10N4O2/c17-9-11-7-10-1-2-12(18)8-15(10)20(16(11)21)14-5-3-13(19-22)4-6-14/h1-8H,18H2/p+1. The van der Waals surface area contributed by atoms with Gasteiger partial charge in [0.05, 0.1) is 5.52 Å². The Balaban J connectivity index is 2.41. The first-order valence-electron chi connectivity index (χ1n) is 6.48. The summed E-state index contributed by atoms with van der Waals surface area (Å²) >= 11 is 0. The van der Waals surface area contributed by atoms with Crippen molar-refractivity contribution in [3.05, 3.63) is 69.4 Å². The molecule has 0 amide bonds. The Kier molecular flexibility index (Phi) is 3.16. The first kappa shape index (κ1) is 13.5. The van der Waals surface area contributed by atoms with E-state index in [9.17, 15) is 9.70 Å². The van der Waals surface area contributed by atoms with Crippen LogP contribution in [0.25, 0.3) is 16.6 Å². The van der Waals surface area contributed by atoms with Crippen LogP contribution in [0.3, 0.4) is 0 Å². The maximum Gasteiger partial charge on any atom is 0.273 e. The topological polar surface area (TPSA) is 103 Å². The Bertz CT molecular complexity index is 982. The van der Waals surface area contributed by atoms with Crippen LogP contribution < -0.4 is 16.5 Å². The molecular formula is C16H11N4O2+. The van der Waals surface area contributed by atoms with Gasteiger partial charge in [-0.2, -0.15) is 5.26 Å². The van der Waals surface area contributed by atoms with Gasteiger partial charge in [0.2, 0.25) is 0 Å². The van der Waals surface area contributed by atoms with Gasteiger partial charge < -0.3 is 5.73 Å². The smallest absolute Gasteiger partial charge is 0.273 e. The van der Waals surface area contributed by atoms with Gasteiger partial charge in [-0.1, -0.05) is 6.07 Å².